The number of amides is 2. The molecule has 1 saturated heterocycles. The fraction of sp³-hybridized carbons (Fsp3) is 0.357. The fourth-order valence-corrected chi connectivity index (χ4v) is 3.49. The van der Waals surface area contributed by atoms with Crippen molar-refractivity contribution in [3.63, 3.8) is 0 Å². The normalized spacial score (nSPS) is 20.2. The number of ether oxygens (including phenoxy) is 1. The lowest BCUT2D eigenvalue weighted by Crippen LogP contribution is -2.32. The van der Waals surface area contributed by atoms with Crippen molar-refractivity contribution in [1.82, 2.24) is 4.90 Å². The number of thioether (sulfide) groups is 1. The van der Waals surface area contributed by atoms with Gasteiger partial charge >= 0.3 is 0 Å². The first kappa shape index (κ1) is 13.9. The van der Waals surface area contributed by atoms with E-state index in [2.05, 4.69) is 10.3 Å². The Hall–Kier alpha value is -2.02. The highest BCUT2D eigenvalue weighted by molar-refractivity contribution is 8.15. The highest BCUT2D eigenvalue weighted by atomic mass is 32.2. The molecule has 6 nitrogen and oxygen atoms in total. The van der Waals surface area contributed by atoms with Crippen molar-refractivity contribution in [2.24, 2.45) is 4.99 Å². The second-order valence-electron chi connectivity index (χ2n) is 4.74. The molecule has 7 heteroatoms. The zero-order valence-corrected chi connectivity index (χ0v) is 12.4. The van der Waals surface area contributed by atoms with E-state index in [0.717, 1.165) is 5.17 Å². The zero-order chi connectivity index (χ0) is 14.8. The summed E-state index contributed by atoms with van der Waals surface area (Å²) in [5.41, 5.74) is 0.660. The first-order chi connectivity index (χ1) is 10.2. The lowest BCUT2D eigenvalue weighted by Gasteiger charge is -2.10. The van der Waals surface area contributed by atoms with E-state index >= 15 is 0 Å². The first-order valence-electron chi connectivity index (χ1n) is 6.64. The van der Waals surface area contributed by atoms with Crippen LogP contribution in [0, 0.1) is 0 Å². The van der Waals surface area contributed by atoms with E-state index < -0.39 is 0 Å². The molecule has 0 saturated carbocycles. The summed E-state index contributed by atoms with van der Waals surface area (Å²) in [6.45, 7) is 1.30. The SMILES string of the molecule is COc1cccc(NC(=O)C[C@H]2SC3=NCCN3C2=O)c1. The van der Waals surface area contributed by atoms with Crippen LogP contribution >= 0.6 is 11.8 Å². The molecule has 21 heavy (non-hydrogen) atoms. The Morgan fingerprint density at radius 1 is 1.57 bits per heavy atom. The van der Waals surface area contributed by atoms with Crippen LogP contribution in [0.25, 0.3) is 0 Å². The number of methoxy groups -OCH3 is 1. The van der Waals surface area contributed by atoms with E-state index in [1.807, 2.05) is 0 Å². The van der Waals surface area contributed by atoms with Gasteiger partial charge in [0.1, 0.15) is 11.0 Å². The Kier molecular flexibility index (Phi) is 3.83. The highest BCUT2D eigenvalue weighted by Gasteiger charge is 2.40. The first-order valence-corrected chi connectivity index (χ1v) is 7.52. The topological polar surface area (TPSA) is 71.0 Å². The van der Waals surface area contributed by atoms with Gasteiger partial charge in [-0.2, -0.15) is 0 Å². The number of carbonyl (C=O) groups excluding carboxylic acids is 2. The van der Waals surface area contributed by atoms with Crippen molar-refractivity contribution in [3.05, 3.63) is 24.3 Å². The Bertz CT molecular complexity index is 617. The van der Waals surface area contributed by atoms with Crippen molar-refractivity contribution in [2.75, 3.05) is 25.5 Å². The molecule has 2 heterocycles. The number of amidine groups is 1. The number of anilines is 1. The van der Waals surface area contributed by atoms with Gasteiger partial charge in [0.2, 0.25) is 11.8 Å². The predicted octanol–water partition coefficient (Wildman–Crippen LogP) is 1.34. The number of hydrogen-bond acceptors (Lipinski definition) is 5. The van der Waals surface area contributed by atoms with Gasteiger partial charge in [-0.05, 0) is 12.1 Å². The molecule has 1 aromatic carbocycles. The third-order valence-electron chi connectivity index (χ3n) is 3.31. The molecule has 0 spiro atoms. The van der Waals surface area contributed by atoms with Crippen LogP contribution in [0.3, 0.4) is 0 Å². The Balaban J connectivity index is 1.60. The third-order valence-corrected chi connectivity index (χ3v) is 4.53. The van der Waals surface area contributed by atoms with E-state index in [9.17, 15) is 9.59 Å². The molecule has 0 aromatic heterocycles. The minimum Gasteiger partial charge on any atom is -0.497 e. The molecule has 0 aliphatic carbocycles. The minimum atomic E-state index is -0.366. The van der Waals surface area contributed by atoms with Crippen molar-refractivity contribution in [3.8, 4) is 5.75 Å². The minimum absolute atomic E-state index is 0.0166. The molecule has 1 aromatic rings. The summed E-state index contributed by atoms with van der Waals surface area (Å²) in [6.07, 6.45) is 0.149. The molecule has 1 atom stereocenters. The average molecular weight is 305 g/mol. The summed E-state index contributed by atoms with van der Waals surface area (Å²) >= 11 is 1.38. The van der Waals surface area contributed by atoms with Gasteiger partial charge in [-0.15, -0.1) is 0 Å². The van der Waals surface area contributed by atoms with Gasteiger partial charge in [0.25, 0.3) is 0 Å². The molecule has 2 amide bonds. The molecular formula is C14H15N3O3S. The number of aliphatic imine (C=N–C) groups is 1. The van der Waals surface area contributed by atoms with E-state index in [-0.39, 0.29) is 23.5 Å². The van der Waals surface area contributed by atoms with Crippen LogP contribution in [0.1, 0.15) is 6.42 Å². The van der Waals surface area contributed by atoms with Gasteiger partial charge in [0, 0.05) is 24.7 Å². The summed E-state index contributed by atoms with van der Waals surface area (Å²) in [7, 11) is 1.57. The van der Waals surface area contributed by atoms with Gasteiger partial charge in [0.15, 0.2) is 5.17 Å². The number of benzene rings is 1. The molecule has 0 radical (unpaired) electrons. The lowest BCUT2D eigenvalue weighted by atomic mass is 10.2. The van der Waals surface area contributed by atoms with Crippen LogP contribution in [0.4, 0.5) is 5.69 Å². The quantitative estimate of drug-likeness (QED) is 0.911. The van der Waals surface area contributed by atoms with Crippen LogP contribution in [0.15, 0.2) is 29.3 Å². The molecule has 3 rings (SSSR count). The predicted molar refractivity (Wildman–Crippen MR) is 81.6 cm³/mol. The standard InChI is InChI=1S/C14H15N3O3S/c1-20-10-4-2-3-9(7-10)16-12(18)8-11-13(19)17-6-5-15-14(17)21-11/h2-4,7,11H,5-6,8H2,1H3,(H,16,18)/t11-/m1/s1. The van der Waals surface area contributed by atoms with E-state index in [0.29, 0.717) is 24.5 Å². The van der Waals surface area contributed by atoms with Crippen LogP contribution < -0.4 is 10.1 Å². The molecule has 1 N–H and O–H groups in total. The van der Waals surface area contributed by atoms with Crippen molar-refractivity contribution < 1.29 is 14.3 Å². The maximum atomic E-state index is 12.1. The maximum absolute atomic E-state index is 12.1. The van der Waals surface area contributed by atoms with Gasteiger partial charge < -0.3 is 10.1 Å². The largest absolute Gasteiger partial charge is 0.497 e. The van der Waals surface area contributed by atoms with Crippen LogP contribution in [0.2, 0.25) is 0 Å². The Morgan fingerprint density at radius 2 is 2.43 bits per heavy atom. The second kappa shape index (κ2) is 5.77. The summed E-state index contributed by atoms with van der Waals surface area (Å²) in [6, 6.07) is 7.13. The van der Waals surface area contributed by atoms with Crippen molar-refractivity contribution in [2.45, 2.75) is 11.7 Å². The zero-order valence-electron chi connectivity index (χ0n) is 11.5. The summed E-state index contributed by atoms with van der Waals surface area (Å²) in [5, 5.41) is 3.17. The van der Waals surface area contributed by atoms with E-state index in [1.54, 1.807) is 36.3 Å². The summed E-state index contributed by atoms with van der Waals surface area (Å²) < 4.78 is 5.11. The Labute approximate surface area is 126 Å². The number of rotatable bonds is 4. The van der Waals surface area contributed by atoms with Crippen molar-refractivity contribution >= 4 is 34.4 Å². The maximum Gasteiger partial charge on any atom is 0.242 e. The highest BCUT2D eigenvalue weighted by Crippen LogP contribution is 2.31. The number of nitrogens with one attached hydrogen (secondary N) is 1. The fourth-order valence-electron chi connectivity index (χ4n) is 2.29. The average Bonchev–Trinajstić information content (AvgIpc) is 3.03. The summed E-state index contributed by atoms with van der Waals surface area (Å²) in [4.78, 5) is 30.1. The molecule has 0 bridgehead atoms. The lowest BCUT2D eigenvalue weighted by molar-refractivity contribution is -0.127. The van der Waals surface area contributed by atoms with Gasteiger partial charge in [-0.1, -0.05) is 17.8 Å². The Morgan fingerprint density at radius 3 is 3.19 bits per heavy atom. The van der Waals surface area contributed by atoms with Gasteiger partial charge in [-0.25, -0.2) is 0 Å². The van der Waals surface area contributed by atoms with Gasteiger partial charge in [-0.3, -0.25) is 19.5 Å². The van der Waals surface area contributed by atoms with Crippen LogP contribution in [-0.4, -0.2) is 47.3 Å². The smallest absolute Gasteiger partial charge is 0.242 e. The molecule has 2 aliphatic rings. The van der Waals surface area contributed by atoms with Crippen LogP contribution in [0.5, 0.6) is 5.75 Å². The number of nitrogens with zero attached hydrogens (tertiary/aromatic N) is 2. The van der Waals surface area contributed by atoms with E-state index in [4.69, 9.17) is 4.74 Å². The van der Waals surface area contributed by atoms with E-state index in [1.165, 1.54) is 11.8 Å². The molecule has 1 fully saturated rings. The monoisotopic (exact) mass is 305 g/mol. The molecular weight excluding hydrogens is 290 g/mol. The summed E-state index contributed by atoms with van der Waals surface area (Å²) in [5.74, 6) is 0.474. The van der Waals surface area contributed by atoms with Crippen LogP contribution in [-0.2, 0) is 9.59 Å². The number of carbonyl (C=O) groups is 2. The van der Waals surface area contributed by atoms with Gasteiger partial charge in [0.05, 0.1) is 13.7 Å². The molecule has 110 valence electrons. The number of hydrogen-bond donors (Lipinski definition) is 1. The third kappa shape index (κ3) is 2.87. The number of fused-ring (bicyclic) bond motifs is 1. The second-order valence-corrected chi connectivity index (χ2v) is 5.91. The molecule has 0 unspecified atom stereocenters. The molecule has 2 aliphatic heterocycles. The van der Waals surface area contributed by atoms with Crippen molar-refractivity contribution in [1.29, 1.82) is 0 Å².